The molecule has 2 N–H and O–H groups in total. The van der Waals surface area contributed by atoms with E-state index in [1.165, 1.54) is 0 Å². The van der Waals surface area contributed by atoms with Crippen molar-refractivity contribution in [2.24, 2.45) is 17.6 Å². The Morgan fingerprint density at radius 2 is 2.00 bits per heavy atom. The first-order chi connectivity index (χ1) is 6.81. The van der Waals surface area contributed by atoms with Crippen LogP contribution in [0.4, 0.5) is 0 Å². The highest BCUT2D eigenvalue weighted by molar-refractivity contribution is 5.79. The Morgan fingerprint density at radius 1 is 1.36 bits per heavy atom. The van der Waals surface area contributed by atoms with E-state index in [-0.39, 0.29) is 11.8 Å². The number of hydrogen-bond acceptors (Lipinski definition) is 3. The Kier molecular flexibility index (Phi) is 3.03. The smallest absolute Gasteiger partial charge is 0.230 e. The van der Waals surface area contributed by atoms with E-state index in [1.807, 2.05) is 4.90 Å². The van der Waals surface area contributed by atoms with Gasteiger partial charge in [0.25, 0.3) is 0 Å². The molecule has 2 fully saturated rings. The second kappa shape index (κ2) is 4.28. The molecular formula is C10H18N2O2. The van der Waals surface area contributed by atoms with E-state index in [9.17, 15) is 4.79 Å². The van der Waals surface area contributed by atoms with Crippen LogP contribution in [0.2, 0.25) is 0 Å². The zero-order valence-corrected chi connectivity index (χ0v) is 8.45. The van der Waals surface area contributed by atoms with Crippen molar-refractivity contribution in [2.75, 3.05) is 32.8 Å². The Morgan fingerprint density at radius 3 is 2.43 bits per heavy atom. The van der Waals surface area contributed by atoms with E-state index in [1.54, 1.807) is 0 Å². The van der Waals surface area contributed by atoms with Crippen LogP contribution in [0.3, 0.4) is 0 Å². The number of likely N-dealkylation sites (tertiary alicyclic amines) is 1. The van der Waals surface area contributed by atoms with Crippen LogP contribution in [0.1, 0.15) is 12.8 Å². The molecule has 2 heterocycles. The van der Waals surface area contributed by atoms with Crippen molar-refractivity contribution in [2.45, 2.75) is 12.8 Å². The number of nitrogens with zero attached hydrogens (tertiary/aromatic N) is 1. The molecule has 0 atom stereocenters. The van der Waals surface area contributed by atoms with E-state index in [4.69, 9.17) is 10.5 Å². The van der Waals surface area contributed by atoms with Crippen LogP contribution < -0.4 is 5.73 Å². The highest BCUT2D eigenvalue weighted by atomic mass is 16.5. The summed E-state index contributed by atoms with van der Waals surface area (Å²) in [6.45, 7) is 3.77. The van der Waals surface area contributed by atoms with Crippen LogP contribution in [0.25, 0.3) is 0 Å². The minimum absolute atomic E-state index is 0.143. The fraction of sp³-hybridized carbons (Fsp3) is 0.900. The molecule has 0 bridgehead atoms. The highest BCUT2D eigenvalue weighted by Gasteiger charge is 2.32. The predicted molar refractivity (Wildman–Crippen MR) is 52.7 cm³/mol. The van der Waals surface area contributed by atoms with Crippen LogP contribution in [0.15, 0.2) is 0 Å². The van der Waals surface area contributed by atoms with Crippen molar-refractivity contribution >= 4 is 5.91 Å². The second-order valence-electron chi connectivity index (χ2n) is 4.24. The molecule has 0 saturated carbocycles. The fourth-order valence-electron chi connectivity index (χ4n) is 2.03. The summed E-state index contributed by atoms with van der Waals surface area (Å²) in [5.74, 6) is 1.05. The number of hydrogen-bond donors (Lipinski definition) is 1. The molecular weight excluding hydrogens is 180 g/mol. The Bertz CT molecular complexity index is 208. The van der Waals surface area contributed by atoms with E-state index in [2.05, 4.69) is 0 Å². The standard InChI is InChI=1S/C10H18N2O2/c11-5-8-1-3-12(4-2-8)10(13)9-6-14-7-9/h8-9H,1-7,11H2. The van der Waals surface area contributed by atoms with E-state index in [0.717, 1.165) is 32.5 Å². The van der Waals surface area contributed by atoms with E-state index in [0.29, 0.717) is 19.1 Å². The van der Waals surface area contributed by atoms with Crippen LogP contribution >= 0.6 is 0 Å². The maximum absolute atomic E-state index is 11.8. The quantitative estimate of drug-likeness (QED) is 0.670. The summed E-state index contributed by atoms with van der Waals surface area (Å²) in [7, 11) is 0. The maximum atomic E-state index is 11.8. The topological polar surface area (TPSA) is 55.6 Å². The molecule has 0 aromatic rings. The maximum Gasteiger partial charge on any atom is 0.230 e. The molecule has 2 saturated heterocycles. The van der Waals surface area contributed by atoms with Crippen LogP contribution in [-0.2, 0) is 9.53 Å². The van der Waals surface area contributed by atoms with Gasteiger partial charge in [0, 0.05) is 13.1 Å². The summed E-state index contributed by atoms with van der Waals surface area (Å²) in [6, 6.07) is 0. The monoisotopic (exact) mass is 198 g/mol. The second-order valence-corrected chi connectivity index (χ2v) is 4.24. The molecule has 0 aromatic heterocycles. The van der Waals surface area contributed by atoms with Crippen molar-refractivity contribution in [1.29, 1.82) is 0 Å². The minimum atomic E-state index is 0.143. The first-order valence-electron chi connectivity index (χ1n) is 5.38. The summed E-state index contributed by atoms with van der Waals surface area (Å²) in [5, 5.41) is 0. The average molecular weight is 198 g/mol. The highest BCUT2D eigenvalue weighted by Crippen LogP contribution is 2.20. The van der Waals surface area contributed by atoms with Crippen LogP contribution in [-0.4, -0.2) is 43.7 Å². The zero-order valence-electron chi connectivity index (χ0n) is 8.45. The summed E-state index contributed by atoms with van der Waals surface area (Å²) in [4.78, 5) is 13.8. The van der Waals surface area contributed by atoms with Crippen molar-refractivity contribution in [3.05, 3.63) is 0 Å². The molecule has 4 nitrogen and oxygen atoms in total. The third-order valence-electron chi connectivity index (χ3n) is 3.25. The number of piperidine rings is 1. The molecule has 0 aliphatic carbocycles. The van der Waals surface area contributed by atoms with Crippen molar-refractivity contribution in [3.63, 3.8) is 0 Å². The first kappa shape index (κ1) is 9.93. The predicted octanol–water partition coefficient (Wildman–Crippen LogP) is -0.170. The van der Waals surface area contributed by atoms with Gasteiger partial charge in [0.1, 0.15) is 0 Å². The fourth-order valence-corrected chi connectivity index (χ4v) is 2.03. The first-order valence-corrected chi connectivity index (χ1v) is 5.38. The molecule has 80 valence electrons. The SMILES string of the molecule is NCC1CCN(C(=O)C2COC2)CC1. The lowest BCUT2D eigenvalue weighted by Gasteiger charge is -2.36. The molecule has 2 aliphatic heterocycles. The van der Waals surface area contributed by atoms with Gasteiger partial charge < -0.3 is 15.4 Å². The minimum Gasteiger partial charge on any atom is -0.380 e. The van der Waals surface area contributed by atoms with Crippen molar-refractivity contribution in [1.82, 2.24) is 4.90 Å². The third-order valence-corrected chi connectivity index (χ3v) is 3.25. The normalized spacial score (nSPS) is 24.8. The zero-order chi connectivity index (χ0) is 9.97. The van der Waals surface area contributed by atoms with Gasteiger partial charge >= 0.3 is 0 Å². The summed E-state index contributed by atoms with van der Waals surface area (Å²) in [6.07, 6.45) is 2.13. The van der Waals surface area contributed by atoms with Crippen molar-refractivity contribution in [3.8, 4) is 0 Å². The molecule has 14 heavy (non-hydrogen) atoms. The lowest BCUT2D eigenvalue weighted by molar-refractivity contribution is -0.151. The summed E-state index contributed by atoms with van der Waals surface area (Å²) >= 11 is 0. The lowest BCUT2D eigenvalue weighted by Crippen LogP contribution is -2.48. The van der Waals surface area contributed by atoms with Gasteiger partial charge in [0.15, 0.2) is 0 Å². The van der Waals surface area contributed by atoms with Crippen molar-refractivity contribution < 1.29 is 9.53 Å². The third kappa shape index (κ3) is 1.91. The number of amides is 1. The van der Waals surface area contributed by atoms with Gasteiger partial charge in [-0.3, -0.25) is 4.79 Å². The van der Waals surface area contributed by atoms with Gasteiger partial charge in [-0.15, -0.1) is 0 Å². The van der Waals surface area contributed by atoms with E-state index >= 15 is 0 Å². The lowest BCUT2D eigenvalue weighted by atomic mass is 9.95. The molecule has 0 spiro atoms. The van der Waals surface area contributed by atoms with Gasteiger partial charge in [-0.05, 0) is 25.3 Å². The van der Waals surface area contributed by atoms with Crippen LogP contribution in [0.5, 0.6) is 0 Å². The van der Waals surface area contributed by atoms with Crippen LogP contribution in [0, 0.1) is 11.8 Å². The largest absolute Gasteiger partial charge is 0.380 e. The molecule has 1 amide bonds. The Labute approximate surface area is 84.4 Å². The number of carbonyl (C=O) groups is 1. The number of ether oxygens (including phenoxy) is 1. The number of carbonyl (C=O) groups excluding carboxylic acids is 1. The van der Waals surface area contributed by atoms with Gasteiger partial charge in [-0.2, -0.15) is 0 Å². The van der Waals surface area contributed by atoms with Gasteiger partial charge in [-0.1, -0.05) is 0 Å². The Balaban J connectivity index is 1.79. The molecule has 4 heteroatoms. The molecule has 0 unspecified atom stereocenters. The average Bonchev–Trinajstić information content (AvgIpc) is 2.15. The van der Waals surface area contributed by atoms with Gasteiger partial charge in [0.05, 0.1) is 19.1 Å². The van der Waals surface area contributed by atoms with E-state index < -0.39 is 0 Å². The number of nitrogens with two attached hydrogens (primary N) is 1. The Hall–Kier alpha value is -0.610. The molecule has 2 rings (SSSR count). The van der Waals surface area contributed by atoms with Gasteiger partial charge in [-0.25, -0.2) is 0 Å². The molecule has 0 radical (unpaired) electrons. The number of rotatable bonds is 2. The summed E-state index contributed by atoms with van der Waals surface area (Å²) < 4.78 is 5.02. The van der Waals surface area contributed by atoms with Gasteiger partial charge in [0.2, 0.25) is 5.91 Å². The summed E-state index contributed by atoms with van der Waals surface area (Å²) in [5.41, 5.74) is 5.60. The molecule has 0 aromatic carbocycles. The molecule has 2 aliphatic rings.